The molecule has 5 amide bonds. The highest BCUT2D eigenvalue weighted by molar-refractivity contribution is 5.90. The van der Waals surface area contributed by atoms with Gasteiger partial charge in [-0.05, 0) is 39.2 Å². The highest BCUT2D eigenvalue weighted by Crippen LogP contribution is 2.30. The molecule has 2 heterocycles. The number of rotatable bonds is 6. The number of amides is 5. The number of carboxylic acid groups (broad SMARTS) is 1. The van der Waals surface area contributed by atoms with Crippen LogP contribution in [0, 0.1) is 0 Å². The first-order valence-electron chi connectivity index (χ1n) is 10.4. The van der Waals surface area contributed by atoms with E-state index in [0.29, 0.717) is 19.4 Å². The monoisotopic (exact) mass is 447 g/mol. The normalized spacial score (nSPS) is 20.2. The van der Waals surface area contributed by atoms with Crippen LogP contribution in [0.5, 0.6) is 0 Å². The smallest absolute Gasteiger partial charge is 0.408 e. The SMILES string of the molecule is CC(C)(C)N(CC(=O)NNC(=O)[C@@H]1CC[C@@H]2CN1C(=O)N2OCc1ccccc1)C(=O)O. The maximum atomic E-state index is 12.8. The Morgan fingerprint density at radius 3 is 2.47 bits per heavy atom. The Morgan fingerprint density at radius 1 is 1.16 bits per heavy atom. The van der Waals surface area contributed by atoms with Crippen molar-refractivity contribution in [3.63, 3.8) is 0 Å². The Labute approximate surface area is 186 Å². The van der Waals surface area contributed by atoms with Crippen LogP contribution >= 0.6 is 0 Å². The second-order valence-corrected chi connectivity index (χ2v) is 8.84. The molecule has 3 rings (SSSR count). The summed E-state index contributed by atoms with van der Waals surface area (Å²) < 4.78 is 0. The number of benzene rings is 1. The standard InChI is InChI=1S/C21H29N5O6/c1-21(2,3)25(20(30)31)12-17(27)22-23-18(28)16-10-9-15-11-24(16)19(29)26(15)32-13-14-7-5-4-6-8-14/h4-8,15-16H,9-13H2,1-3H3,(H,22,27)(H,23,28)(H,30,31)/t15-,16+/m1/s1. The lowest BCUT2D eigenvalue weighted by molar-refractivity contribution is -0.140. The summed E-state index contributed by atoms with van der Waals surface area (Å²) in [6.45, 7) is 5.16. The first kappa shape index (κ1) is 23.3. The Kier molecular flexibility index (Phi) is 6.87. The predicted octanol–water partition coefficient (Wildman–Crippen LogP) is 1.31. The van der Waals surface area contributed by atoms with Crippen LogP contribution in [-0.4, -0.2) is 74.6 Å². The fourth-order valence-corrected chi connectivity index (χ4v) is 3.78. The average Bonchev–Trinajstić information content (AvgIpc) is 2.98. The molecular formula is C21H29N5O6. The molecule has 0 radical (unpaired) electrons. The lowest BCUT2D eigenvalue weighted by atomic mass is 10.0. The van der Waals surface area contributed by atoms with E-state index in [1.807, 2.05) is 30.3 Å². The van der Waals surface area contributed by atoms with Crippen LogP contribution < -0.4 is 10.9 Å². The Morgan fingerprint density at radius 2 is 1.84 bits per heavy atom. The number of hydrogen-bond donors (Lipinski definition) is 3. The largest absolute Gasteiger partial charge is 0.465 e. The Hall–Kier alpha value is -3.34. The number of hydrogen-bond acceptors (Lipinski definition) is 5. The molecule has 0 spiro atoms. The lowest BCUT2D eigenvalue weighted by Crippen LogP contribution is -2.56. The van der Waals surface area contributed by atoms with Gasteiger partial charge in [0.25, 0.3) is 11.8 Å². The number of piperidine rings is 1. The summed E-state index contributed by atoms with van der Waals surface area (Å²) in [6.07, 6.45) is -0.234. The van der Waals surface area contributed by atoms with Crippen molar-refractivity contribution in [2.24, 2.45) is 0 Å². The van der Waals surface area contributed by atoms with Crippen LogP contribution in [0.4, 0.5) is 9.59 Å². The zero-order valence-corrected chi connectivity index (χ0v) is 18.4. The molecule has 2 aliphatic rings. The van der Waals surface area contributed by atoms with Gasteiger partial charge in [-0.25, -0.2) is 9.59 Å². The van der Waals surface area contributed by atoms with E-state index in [1.54, 1.807) is 20.8 Å². The number of carbonyl (C=O) groups is 4. The van der Waals surface area contributed by atoms with E-state index in [4.69, 9.17) is 4.84 Å². The summed E-state index contributed by atoms with van der Waals surface area (Å²) >= 11 is 0. The molecule has 1 aromatic carbocycles. The fourth-order valence-electron chi connectivity index (χ4n) is 3.78. The maximum Gasteiger partial charge on any atom is 0.408 e. The number of hydroxylamine groups is 2. The van der Waals surface area contributed by atoms with E-state index in [9.17, 15) is 24.3 Å². The third kappa shape index (κ3) is 5.28. The van der Waals surface area contributed by atoms with Crippen LogP contribution in [0.3, 0.4) is 0 Å². The molecule has 0 saturated carbocycles. The number of nitrogens with one attached hydrogen (secondary N) is 2. The maximum absolute atomic E-state index is 12.8. The van der Waals surface area contributed by atoms with Crippen molar-refractivity contribution in [2.45, 2.75) is 57.8 Å². The number of hydrazine groups is 1. The van der Waals surface area contributed by atoms with Gasteiger partial charge in [0, 0.05) is 12.1 Å². The van der Waals surface area contributed by atoms with Gasteiger partial charge >= 0.3 is 12.1 Å². The first-order chi connectivity index (χ1) is 15.1. The molecule has 2 saturated heterocycles. The molecule has 3 N–H and O–H groups in total. The number of urea groups is 1. The summed E-state index contributed by atoms with van der Waals surface area (Å²) in [5, 5.41) is 10.6. The predicted molar refractivity (Wildman–Crippen MR) is 113 cm³/mol. The quantitative estimate of drug-likeness (QED) is 0.564. The first-order valence-corrected chi connectivity index (χ1v) is 10.4. The highest BCUT2D eigenvalue weighted by Gasteiger charge is 2.48. The van der Waals surface area contributed by atoms with E-state index < -0.39 is 36.0 Å². The summed E-state index contributed by atoms with van der Waals surface area (Å²) in [5.41, 5.74) is 4.70. The third-order valence-electron chi connectivity index (χ3n) is 5.51. The minimum atomic E-state index is -1.24. The molecule has 2 fully saturated rings. The van der Waals surface area contributed by atoms with Crippen molar-refractivity contribution in [1.29, 1.82) is 0 Å². The Bertz CT molecular complexity index is 871. The van der Waals surface area contributed by atoms with E-state index in [1.165, 1.54) is 9.96 Å². The van der Waals surface area contributed by atoms with Gasteiger partial charge in [0.2, 0.25) is 0 Å². The van der Waals surface area contributed by atoms with Gasteiger partial charge in [-0.15, -0.1) is 0 Å². The summed E-state index contributed by atoms with van der Waals surface area (Å²) in [5.74, 6) is -1.21. The van der Waals surface area contributed by atoms with E-state index >= 15 is 0 Å². The van der Waals surface area contributed by atoms with Crippen molar-refractivity contribution in [2.75, 3.05) is 13.1 Å². The van der Waals surface area contributed by atoms with Crippen LogP contribution in [0.1, 0.15) is 39.2 Å². The number of nitrogens with zero attached hydrogens (tertiary/aromatic N) is 3. The molecule has 174 valence electrons. The number of carbonyl (C=O) groups excluding carboxylic acids is 3. The van der Waals surface area contributed by atoms with Gasteiger partial charge in [0.05, 0.1) is 6.04 Å². The molecule has 11 heteroatoms. The Balaban J connectivity index is 1.52. The van der Waals surface area contributed by atoms with Gasteiger partial charge in [0.1, 0.15) is 19.2 Å². The van der Waals surface area contributed by atoms with Crippen molar-refractivity contribution >= 4 is 23.9 Å². The van der Waals surface area contributed by atoms with E-state index in [2.05, 4.69) is 10.9 Å². The van der Waals surface area contributed by atoms with Crippen LogP contribution in [0.25, 0.3) is 0 Å². The zero-order valence-electron chi connectivity index (χ0n) is 18.4. The third-order valence-corrected chi connectivity index (χ3v) is 5.51. The average molecular weight is 447 g/mol. The molecule has 1 aromatic rings. The van der Waals surface area contributed by atoms with Crippen molar-refractivity contribution in [1.82, 2.24) is 25.7 Å². The zero-order chi connectivity index (χ0) is 23.5. The van der Waals surface area contributed by atoms with Gasteiger partial charge in [-0.2, -0.15) is 5.06 Å². The minimum Gasteiger partial charge on any atom is -0.465 e. The molecule has 11 nitrogen and oxygen atoms in total. The molecular weight excluding hydrogens is 418 g/mol. The molecule has 0 aliphatic carbocycles. The van der Waals surface area contributed by atoms with E-state index in [-0.39, 0.29) is 18.7 Å². The van der Waals surface area contributed by atoms with Gasteiger partial charge in [-0.1, -0.05) is 30.3 Å². The van der Waals surface area contributed by atoms with E-state index in [0.717, 1.165) is 10.5 Å². The molecule has 32 heavy (non-hydrogen) atoms. The summed E-state index contributed by atoms with van der Waals surface area (Å²) in [7, 11) is 0. The van der Waals surface area contributed by atoms with Crippen LogP contribution in [-0.2, 0) is 21.0 Å². The van der Waals surface area contributed by atoms with Crippen LogP contribution in [0.2, 0.25) is 0 Å². The van der Waals surface area contributed by atoms with Crippen LogP contribution in [0.15, 0.2) is 30.3 Å². The molecule has 0 unspecified atom stereocenters. The lowest BCUT2D eigenvalue weighted by Gasteiger charge is -2.32. The van der Waals surface area contributed by atoms with Crippen molar-refractivity contribution < 1.29 is 29.1 Å². The number of fused-ring (bicyclic) bond motifs is 2. The minimum absolute atomic E-state index is 0.138. The topological polar surface area (TPSA) is 132 Å². The van der Waals surface area contributed by atoms with Crippen molar-refractivity contribution in [3.05, 3.63) is 35.9 Å². The van der Waals surface area contributed by atoms with Gasteiger partial charge in [0.15, 0.2) is 0 Å². The molecule has 2 bridgehead atoms. The summed E-state index contributed by atoms with van der Waals surface area (Å²) in [6, 6.07) is 8.20. The van der Waals surface area contributed by atoms with Gasteiger partial charge < -0.3 is 10.0 Å². The molecule has 0 aromatic heterocycles. The highest BCUT2D eigenvalue weighted by atomic mass is 16.7. The van der Waals surface area contributed by atoms with Gasteiger partial charge in [-0.3, -0.25) is 30.2 Å². The summed E-state index contributed by atoms with van der Waals surface area (Å²) in [4.78, 5) is 57.0. The second-order valence-electron chi connectivity index (χ2n) is 8.84. The fraction of sp³-hybridized carbons (Fsp3) is 0.524. The van der Waals surface area contributed by atoms with Crippen molar-refractivity contribution in [3.8, 4) is 0 Å². The second kappa shape index (κ2) is 9.43. The molecule has 2 atom stereocenters. The molecule has 2 aliphatic heterocycles.